The summed E-state index contributed by atoms with van der Waals surface area (Å²) in [6, 6.07) is 0. The van der Waals surface area contributed by atoms with Gasteiger partial charge in [0.2, 0.25) is 0 Å². The molecular formula is C13H22. The van der Waals surface area contributed by atoms with E-state index in [0.29, 0.717) is 0 Å². The van der Waals surface area contributed by atoms with E-state index in [1.54, 1.807) is 57.8 Å². The van der Waals surface area contributed by atoms with Gasteiger partial charge in [-0.25, -0.2) is 0 Å². The van der Waals surface area contributed by atoms with Gasteiger partial charge in [0, 0.05) is 0 Å². The first-order chi connectivity index (χ1) is 6.45. The van der Waals surface area contributed by atoms with Gasteiger partial charge in [0.15, 0.2) is 0 Å². The summed E-state index contributed by atoms with van der Waals surface area (Å²) >= 11 is 0. The summed E-state index contributed by atoms with van der Waals surface area (Å²) in [7, 11) is 0. The van der Waals surface area contributed by atoms with Crippen molar-refractivity contribution in [1.29, 1.82) is 0 Å². The summed E-state index contributed by atoms with van der Waals surface area (Å²) in [6.45, 7) is 0. The van der Waals surface area contributed by atoms with Crippen LogP contribution in [0.25, 0.3) is 0 Å². The zero-order chi connectivity index (χ0) is 8.67. The summed E-state index contributed by atoms with van der Waals surface area (Å²) in [5, 5.41) is 0. The lowest BCUT2D eigenvalue weighted by molar-refractivity contribution is 0.184. The molecule has 0 aromatic carbocycles. The molecule has 3 aliphatic rings. The molecule has 0 heterocycles. The smallest absolute Gasteiger partial charge is 0.0355 e. The molecule has 13 heavy (non-hydrogen) atoms. The van der Waals surface area contributed by atoms with Crippen molar-refractivity contribution >= 4 is 0 Å². The van der Waals surface area contributed by atoms with Crippen molar-refractivity contribution in [3.05, 3.63) is 0 Å². The molecule has 3 fully saturated rings. The summed E-state index contributed by atoms with van der Waals surface area (Å²) in [5.74, 6) is 4.70. The van der Waals surface area contributed by atoms with Gasteiger partial charge in [-0.3, -0.25) is 0 Å². The third-order valence-electron chi connectivity index (χ3n) is 5.09. The fourth-order valence-electron chi connectivity index (χ4n) is 4.57. The van der Waals surface area contributed by atoms with Crippen LogP contribution in [0.3, 0.4) is 0 Å². The van der Waals surface area contributed by atoms with E-state index in [9.17, 15) is 0 Å². The molecular weight excluding hydrogens is 156 g/mol. The van der Waals surface area contributed by atoms with E-state index in [1.165, 1.54) is 23.7 Å². The Morgan fingerprint density at radius 2 is 1.00 bits per heavy atom. The normalized spacial score (nSPS) is 49.8. The highest BCUT2D eigenvalue weighted by Crippen LogP contribution is 2.53. The average molecular weight is 178 g/mol. The van der Waals surface area contributed by atoms with Crippen LogP contribution in [0, 0.1) is 23.7 Å². The van der Waals surface area contributed by atoms with Crippen molar-refractivity contribution in [3.63, 3.8) is 0 Å². The molecule has 0 spiro atoms. The number of fused-ring (bicyclic) bond motifs is 3. The number of rotatable bonds is 0. The molecule has 0 aromatic rings. The maximum absolute atomic E-state index is 1.62. The van der Waals surface area contributed by atoms with Crippen molar-refractivity contribution in [3.8, 4) is 0 Å². The van der Waals surface area contributed by atoms with Crippen LogP contribution < -0.4 is 0 Å². The minimum Gasteiger partial charge on any atom is -0.0530 e. The van der Waals surface area contributed by atoms with Crippen LogP contribution in [0.5, 0.6) is 0 Å². The second kappa shape index (κ2) is 3.29. The van der Waals surface area contributed by atoms with Crippen LogP contribution in [0.4, 0.5) is 0 Å². The molecule has 74 valence electrons. The molecule has 0 aromatic heterocycles. The number of hydrogen-bond acceptors (Lipinski definition) is 0. The summed E-state index contributed by atoms with van der Waals surface area (Å²) in [4.78, 5) is 0. The number of hydrogen-bond donors (Lipinski definition) is 0. The molecule has 0 radical (unpaired) electrons. The largest absolute Gasteiger partial charge is 0.0530 e. The first-order valence-electron chi connectivity index (χ1n) is 6.45. The van der Waals surface area contributed by atoms with Gasteiger partial charge in [-0.15, -0.1) is 0 Å². The van der Waals surface area contributed by atoms with Gasteiger partial charge in [-0.05, 0) is 42.9 Å². The Hall–Kier alpha value is 0. The quantitative estimate of drug-likeness (QED) is 0.526. The molecule has 0 aliphatic heterocycles. The zero-order valence-corrected chi connectivity index (χ0v) is 8.67. The highest BCUT2D eigenvalue weighted by Gasteiger charge is 2.43. The van der Waals surface area contributed by atoms with Gasteiger partial charge in [0.05, 0.1) is 0 Å². The van der Waals surface area contributed by atoms with Crippen molar-refractivity contribution in [1.82, 2.24) is 0 Å². The first-order valence-corrected chi connectivity index (χ1v) is 6.45. The second-order valence-electron chi connectivity index (χ2n) is 5.65. The minimum atomic E-state index is 1.17. The molecule has 0 N–H and O–H groups in total. The topological polar surface area (TPSA) is 0 Å². The van der Waals surface area contributed by atoms with E-state index >= 15 is 0 Å². The summed E-state index contributed by atoms with van der Waals surface area (Å²) < 4.78 is 0. The van der Waals surface area contributed by atoms with E-state index in [1.807, 2.05) is 0 Å². The molecule has 0 unspecified atom stereocenters. The van der Waals surface area contributed by atoms with Crippen LogP contribution in [-0.2, 0) is 0 Å². The molecule has 4 atom stereocenters. The molecule has 0 nitrogen and oxygen atoms in total. The van der Waals surface area contributed by atoms with Gasteiger partial charge >= 0.3 is 0 Å². The fourth-order valence-corrected chi connectivity index (χ4v) is 4.57. The van der Waals surface area contributed by atoms with E-state index < -0.39 is 0 Å². The fraction of sp³-hybridized carbons (Fsp3) is 1.00. The third-order valence-corrected chi connectivity index (χ3v) is 5.09. The highest BCUT2D eigenvalue weighted by molar-refractivity contribution is 4.94. The summed E-state index contributed by atoms with van der Waals surface area (Å²) in [5.41, 5.74) is 0. The minimum absolute atomic E-state index is 1.17. The van der Waals surface area contributed by atoms with E-state index in [-0.39, 0.29) is 0 Å². The Balaban J connectivity index is 1.76. The average Bonchev–Trinajstić information content (AvgIpc) is 2.56. The SMILES string of the molecule is C1CC[C@H]2[C@H](C1)C[C@@H]1CCCC[C@@H]12. The zero-order valence-electron chi connectivity index (χ0n) is 8.67. The predicted molar refractivity (Wildman–Crippen MR) is 55.5 cm³/mol. The monoisotopic (exact) mass is 178 g/mol. The highest BCUT2D eigenvalue weighted by atomic mass is 14.5. The Morgan fingerprint density at radius 3 is 1.54 bits per heavy atom. The molecule has 0 heteroatoms. The standard InChI is InChI=1S/C13H22/c1-3-7-12-10(5-1)9-11-6-2-4-8-13(11)12/h10-13H,1-9H2/t10-,11+,12-,13-/m0/s1. The molecule has 0 amide bonds. The van der Waals surface area contributed by atoms with Crippen molar-refractivity contribution in [2.45, 2.75) is 57.8 Å². The Bertz CT molecular complexity index is 164. The molecule has 3 saturated carbocycles. The lowest BCUT2D eigenvalue weighted by Crippen LogP contribution is -2.22. The van der Waals surface area contributed by atoms with Gasteiger partial charge in [-0.1, -0.05) is 38.5 Å². The van der Waals surface area contributed by atoms with Crippen LogP contribution in [0.2, 0.25) is 0 Å². The van der Waals surface area contributed by atoms with Crippen molar-refractivity contribution in [2.75, 3.05) is 0 Å². The van der Waals surface area contributed by atoms with Crippen molar-refractivity contribution < 1.29 is 0 Å². The first kappa shape index (κ1) is 8.32. The van der Waals surface area contributed by atoms with Crippen LogP contribution >= 0.6 is 0 Å². The van der Waals surface area contributed by atoms with Crippen LogP contribution in [0.15, 0.2) is 0 Å². The molecule has 0 bridgehead atoms. The second-order valence-corrected chi connectivity index (χ2v) is 5.65. The lowest BCUT2D eigenvalue weighted by atomic mass is 9.73. The van der Waals surface area contributed by atoms with Gasteiger partial charge < -0.3 is 0 Å². The predicted octanol–water partition coefficient (Wildman–Crippen LogP) is 4.00. The Kier molecular flexibility index (Phi) is 2.11. The third kappa shape index (κ3) is 1.33. The molecule has 3 aliphatic carbocycles. The van der Waals surface area contributed by atoms with Crippen molar-refractivity contribution in [2.24, 2.45) is 23.7 Å². The summed E-state index contributed by atoms with van der Waals surface area (Å²) in [6.07, 6.45) is 14.1. The Labute approximate surface area is 82.1 Å². The van der Waals surface area contributed by atoms with E-state index in [4.69, 9.17) is 0 Å². The maximum atomic E-state index is 1.62. The Morgan fingerprint density at radius 1 is 0.538 bits per heavy atom. The van der Waals surface area contributed by atoms with Gasteiger partial charge in [0.25, 0.3) is 0 Å². The van der Waals surface area contributed by atoms with E-state index in [2.05, 4.69) is 0 Å². The molecule has 0 saturated heterocycles. The van der Waals surface area contributed by atoms with Gasteiger partial charge in [-0.2, -0.15) is 0 Å². The van der Waals surface area contributed by atoms with Crippen LogP contribution in [-0.4, -0.2) is 0 Å². The van der Waals surface area contributed by atoms with Gasteiger partial charge in [0.1, 0.15) is 0 Å². The van der Waals surface area contributed by atoms with E-state index in [0.717, 1.165) is 0 Å². The maximum Gasteiger partial charge on any atom is -0.0355 e. The lowest BCUT2D eigenvalue weighted by Gasteiger charge is -2.32. The van der Waals surface area contributed by atoms with Crippen LogP contribution in [0.1, 0.15) is 57.8 Å². The molecule has 3 rings (SSSR count).